The van der Waals surface area contributed by atoms with Crippen LogP contribution in [-0.4, -0.2) is 31.1 Å². The van der Waals surface area contributed by atoms with Crippen molar-refractivity contribution in [2.75, 3.05) is 24.4 Å². The molecule has 0 saturated carbocycles. The van der Waals surface area contributed by atoms with Crippen LogP contribution in [-0.2, 0) is 16.1 Å². The van der Waals surface area contributed by atoms with E-state index < -0.39 is 0 Å². The van der Waals surface area contributed by atoms with E-state index in [0.29, 0.717) is 22.5 Å². The van der Waals surface area contributed by atoms with E-state index in [-0.39, 0.29) is 24.2 Å². The smallest absolute Gasteiger partial charge is 0.255 e. The largest absolute Gasteiger partial charge is 0.508 e. The number of amides is 2. The predicted octanol–water partition coefficient (Wildman–Crippen LogP) is 2.94. The van der Waals surface area contributed by atoms with Gasteiger partial charge in [-0.25, -0.2) is 0 Å². The van der Waals surface area contributed by atoms with Crippen molar-refractivity contribution in [1.82, 2.24) is 0 Å². The van der Waals surface area contributed by atoms with E-state index in [4.69, 9.17) is 4.74 Å². The lowest BCUT2D eigenvalue weighted by molar-refractivity contribution is -0.113. The number of methoxy groups -OCH3 is 1. The van der Waals surface area contributed by atoms with Gasteiger partial charge in [-0.05, 0) is 48.5 Å². The molecule has 25 heavy (non-hydrogen) atoms. The summed E-state index contributed by atoms with van der Waals surface area (Å²) in [6, 6.07) is 11.3. The van der Waals surface area contributed by atoms with Gasteiger partial charge in [0.25, 0.3) is 5.91 Å². The van der Waals surface area contributed by atoms with Gasteiger partial charge in [-0.1, -0.05) is 6.58 Å². The number of ether oxygens (including phenoxy) is 1. The molecule has 2 rings (SSSR count). The van der Waals surface area contributed by atoms with E-state index >= 15 is 0 Å². The first-order valence-electron chi connectivity index (χ1n) is 7.58. The highest BCUT2D eigenvalue weighted by atomic mass is 16.5. The summed E-state index contributed by atoms with van der Waals surface area (Å²) in [7, 11) is 3.17. The Hall–Kier alpha value is -3.12. The van der Waals surface area contributed by atoms with E-state index in [9.17, 15) is 14.7 Å². The van der Waals surface area contributed by atoms with Crippen LogP contribution in [0.15, 0.2) is 55.1 Å². The number of aromatic hydroxyl groups is 1. The minimum absolute atomic E-state index is 0.101. The van der Waals surface area contributed by atoms with Crippen molar-refractivity contribution >= 4 is 23.2 Å². The van der Waals surface area contributed by atoms with Crippen LogP contribution in [0, 0.1) is 0 Å². The third-order valence-electron chi connectivity index (χ3n) is 3.66. The van der Waals surface area contributed by atoms with E-state index in [0.717, 1.165) is 0 Å². The second-order valence-corrected chi connectivity index (χ2v) is 5.38. The molecule has 130 valence electrons. The molecule has 0 spiro atoms. The number of anilines is 2. The molecule has 0 aliphatic carbocycles. The van der Waals surface area contributed by atoms with Crippen LogP contribution in [0.5, 0.6) is 5.75 Å². The van der Waals surface area contributed by atoms with E-state index in [2.05, 4.69) is 11.9 Å². The number of carbonyl (C=O) groups excluding carboxylic acids is 2. The lowest BCUT2D eigenvalue weighted by atomic mass is 10.1. The van der Waals surface area contributed by atoms with Crippen LogP contribution >= 0.6 is 0 Å². The van der Waals surface area contributed by atoms with Gasteiger partial charge in [0.2, 0.25) is 5.91 Å². The standard InChI is InChI=1S/C19H20N2O4/c1-4-18(23)21(2)15-7-5-13(6-8-15)19(24)20-17-10-9-16(22)11-14(17)12-25-3/h4-11,22H,1,12H2,2-3H3,(H,20,24). The molecule has 0 atom stereocenters. The topological polar surface area (TPSA) is 78.9 Å². The van der Waals surface area contributed by atoms with Crippen molar-refractivity contribution < 1.29 is 19.4 Å². The van der Waals surface area contributed by atoms with Crippen LogP contribution in [0.4, 0.5) is 11.4 Å². The maximum Gasteiger partial charge on any atom is 0.255 e. The molecule has 2 aromatic rings. The minimum Gasteiger partial charge on any atom is -0.508 e. The van der Waals surface area contributed by atoms with Crippen molar-refractivity contribution in [3.63, 3.8) is 0 Å². The van der Waals surface area contributed by atoms with Crippen molar-refractivity contribution in [1.29, 1.82) is 0 Å². The predicted molar refractivity (Wildman–Crippen MR) is 96.8 cm³/mol. The van der Waals surface area contributed by atoms with E-state index in [1.165, 1.54) is 30.2 Å². The lowest BCUT2D eigenvalue weighted by Crippen LogP contribution is -2.23. The molecule has 0 radical (unpaired) electrons. The summed E-state index contributed by atoms with van der Waals surface area (Å²) >= 11 is 0. The number of hydrogen-bond donors (Lipinski definition) is 2. The summed E-state index contributed by atoms with van der Waals surface area (Å²) in [5, 5.41) is 12.4. The number of nitrogens with zero attached hydrogens (tertiary/aromatic N) is 1. The van der Waals surface area contributed by atoms with Gasteiger partial charge < -0.3 is 20.1 Å². The highest BCUT2D eigenvalue weighted by Gasteiger charge is 2.12. The first-order valence-corrected chi connectivity index (χ1v) is 7.58. The summed E-state index contributed by atoms with van der Waals surface area (Å²) in [4.78, 5) is 25.4. The Morgan fingerprint density at radius 2 is 1.92 bits per heavy atom. The molecule has 0 aliphatic rings. The normalized spacial score (nSPS) is 10.2. The summed E-state index contributed by atoms with van der Waals surface area (Å²) < 4.78 is 5.08. The Morgan fingerprint density at radius 1 is 1.24 bits per heavy atom. The SMILES string of the molecule is C=CC(=O)N(C)c1ccc(C(=O)Nc2ccc(O)cc2COC)cc1. The third kappa shape index (κ3) is 4.45. The molecule has 0 saturated heterocycles. The van der Waals surface area contributed by atoms with E-state index in [1.54, 1.807) is 37.4 Å². The molecule has 6 nitrogen and oxygen atoms in total. The first-order chi connectivity index (χ1) is 12.0. The average molecular weight is 340 g/mol. The molecule has 2 amide bonds. The maximum absolute atomic E-state index is 12.4. The number of benzene rings is 2. The fourth-order valence-electron chi connectivity index (χ4n) is 2.27. The Kier molecular flexibility index (Phi) is 5.92. The lowest BCUT2D eigenvalue weighted by Gasteiger charge is -2.15. The molecule has 0 unspecified atom stereocenters. The molecule has 0 fully saturated rings. The number of phenolic OH excluding ortho intramolecular Hbond substituents is 1. The Morgan fingerprint density at radius 3 is 2.52 bits per heavy atom. The fourth-order valence-corrected chi connectivity index (χ4v) is 2.27. The molecule has 0 heterocycles. The average Bonchev–Trinajstić information content (AvgIpc) is 2.63. The molecular weight excluding hydrogens is 320 g/mol. The minimum atomic E-state index is -0.299. The molecule has 6 heteroatoms. The summed E-state index contributed by atoms with van der Waals surface area (Å²) in [6.07, 6.45) is 1.22. The second kappa shape index (κ2) is 8.12. The Balaban J connectivity index is 2.16. The number of likely N-dealkylation sites (N-methyl/N-ethyl adjacent to an activating group) is 1. The van der Waals surface area contributed by atoms with Crippen LogP contribution in [0.25, 0.3) is 0 Å². The maximum atomic E-state index is 12.4. The highest BCUT2D eigenvalue weighted by molar-refractivity contribution is 6.05. The van der Waals surface area contributed by atoms with Gasteiger partial charge in [0.15, 0.2) is 0 Å². The highest BCUT2D eigenvalue weighted by Crippen LogP contribution is 2.23. The second-order valence-electron chi connectivity index (χ2n) is 5.38. The number of nitrogens with one attached hydrogen (secondary N) is 1. The quantitative estimate of drug-likeness (QED) is 0.626. The third-order valence-corrected chi connectivity index (χ3v) is 3.66. The molecule has 0 aromatic heterocycles. The van der Waals surface area contributed by atoms with Gasteiger partial charge in [-0.2, -0.15) is 0 Å². The van der Waals surface area contributed by atoms with Gasteiger partial charge >= 0.3 is 0 Å². The Labute approximate surface area is 146 Å². The van der Waals surface area contributed by atoms with Crippen LogP contribution in [0.1, 0.15) is 15.9 Å². The van der Waals surface area contributed by atoms with Gasteiger partial charge in [0, 0.05) is 36.7 Å². The number of rotatable bonds is 6. The van der Waals surface area contributed by atoms with Crippen LogP contribution in [0.3, 0.4) is 0 Å². The molecule has 0 bridgehead atoms. The zero-order chi connectivity index (χ0) is 18.4. The molecule has 2 aromatic carbocycles. The number of phenols is 1. The van der Waals surface area contributed by atoms with Crippen molar-refractivity contribution in [3.05, 3.63) is 66.2 Å². The van der Waals surface area contributed by atoms with Gasteiger partial charge in [0.05, 0.1) is 6.61 Å². The molecule has 2 N–H and O–H groups in total. The van der Waals surface area contributed by atoms with Gasteiger partial charge in [0.1, 0.15) is 5.75 Å². The monoisotopic (exact) mass is 340 g/mol. The summed E-state index contributed by atoms with van der Waals surface area (Å²) in [5.41, 5.74) is 2.34. The van der Waals surface area contributed by atoms with Crippen molar-refractivity contribution in [2.24, 2.45) is 0 Å². The van der Waals surface area contributed by atoms with Gasteiger partial charge in [-0.3, -0.25) is 9.59 Å². The molecular formula is C19H20N2O4. The van der Waals surface area contributed by atoms with E-state index in [1.807, 2.05) is 0 Å². The van der Waals surface area contributed by atoms with Crippen molar-refractivity contribution in [2.45, 2.75) is 6.61 Å². The number of hydrogen-bond acceptors (Lipinski definition) is 4. The summed E-state index contributed by atoms with van der Waals surface area (Å²) in [6.45, 7) is 3.71. The zero-order valence-electron chi connectivity index (χ0n) is 14.2. The fraction of sp³-hybridized carbons (Fsp3) is 0.158. The summed E-state index contributed by atoms with van der Waals surface area (Å²) in [5.74, 6) is -0.429. The first kappa shape index (κ1) is 18.2. The van der Waals surface area contributed by atoms with Gasteiger partial charge in [-0.15, -0.1) is 0 Å². The van der Waals surface area contributed by atoms with Crippen LogP contribution in [0.2, 0.25) is 0 Å². The molecule has 0 aliphatic heterocycles. The van der Waals surface area contributed by atoms with Crippen LogP contribution < -0.4 is 10.2 Å². The zero-order valence-corrected chi connectivity index (χ0v) is 14.2. The Bertz CT molecular complexity index is 785. The number of carbonyl (C=O) groups is 2. The van der Waals surface area contributed by atoms with Crippen molar-refractivity contribution in [3.8, 4) is 5.75 Å².